The highest BCUT2D eigenvalue weighted by molar-refractivity contribution is 6.11. The molecule has 8 N–H and O–H groups in total. The number of amides is 4. The fraction of sp³-hybridized carbons (Fsp3) is 0.143. The Morgan fingerprint density at radius 3 is 1.52 bits per heavy atom. The second kappa shape index (κ2) is 18.9. The predicted molar refractivity (Wildman–Crippen MR) is 230 cm³/mol. The number of anilines is 4. The summed E-state index contributed by atoms with van der Waals surface area (Å²) in [5.74, 6) is -0.472. The Morgan fingerprint density at radius 1 is 0.635 bits per heavy atom. The van der Waals surface area contributed by atoms with Crippen LogP contribution in [0.4, 0.5) is 22.7 Å². The van der Waals surface area contributed by atoms with Gasteiger partial charge in [-0.2, -0.15) is 21.0 Å². The minimum Gasteiger partial charge on any atom is -0.375 e. The van der Waals surface area contributed by atoms with E-state index in [4.69, 9.17) is 10.00 Å². The van der Waals surface area contributed by atoms with Gasteiger partial charge in [-0.25, -0.2) is 0 Å². The SMILES string of the molecule is CC(C)CC(=O)Nc1cccc2cc(C(=O)Nc3ccc(C#N)cc3-c3nn[nH]n3)[nH]c12.COCC(=O)Nc1cccc2cc(C(=O)Nc3ccc(C#N)cc3-c3nn[nH]n3)[nH]c12. The van der Waals surface area contributed by atoms with E-state index < -0.39 is 11.8 Å². The van der Waals surface area contributed by atoms with Crippen molar-refractivity contribution < 1.29 is 23.9 Å². The van der Waals surface area contributed by atoms with Gasteiger partial charge in [-0.1, -0.05) is 38.1 Å². The second-order valence-corrected chi connectivity index (χ2v) is 14.2. The van der Waals surface area contributed by atoms with E-state index in [1.807, 2.05) is 38.1 Å². The molecule has 0 saturated heterocycles. The van der Waals surface area contributed by atoms with Crippen LogP contribution in [0.3, 0.4) is 0 Å². The highest BCUT2D eigenvalue weighted by Gasteiger charge is 2.19. The van der Waals surface area contributed by atoms with Crippen LogP contribution in [0.1, 0.15) is 52.4 Å². The quantitative estimate of drug-likeness (QED) is 0.0753. The van der Waals surface area contributed by atoms with Gasteiger partial charge in [0.15, 0.2) is 0 Å². The third-order valence-electron chi connectivity index (χ3n) is 9.19. The minimum atomic E-state index is -0.417. The molecule has 4 aromatic carbocycles. The molecule has 21 heteroatoms. The number of carbonyl (C=O) groups excluding carboxylic acids is 4. The fourth-order valence-corrected chi connectivity index (χ4v) is 6.40. The molecule has 0 aliphatic rings. The van der Waals surface area contributed by atoms with Crippen LogP contribution in [0.25, 0.3) is 44.6 Å². The number of nitrogens with one attached hydrogen (secondary N) is 8. The Labute approximate surface area is 356 Å². The zero-order chi connectivity index (χ0) is 44.5. The molecule has 0 bridgehead atoms. The number of aromatic amines is 4. The standard InChI is InChI=1S/C22H20N8O2.C20H16N8O3/c1-12(2)8-19(31)24-17-5-3-4-14-10-18(25-20(14)17)22(32)26-16-7-6-13(11-23)9-15(16)21-27-29-30-28-21;1-31-10-17(29)22-15-4-2-3-12-8-16(23-18(12)15)20(30)24-14-6-5-11(9-21)7-13(14)19-25-27-28-26-19/h3-7,9-10,12,25H,8H2,1-2H3,(H,24,31)(H,26,32)(H,27,28,29,30);2-8,23H,10H2,1H3,(H,22,29)(H,24,30)(H,25,26,27,28). The lowest BCUT2D eigenvalue weighted by molar-refractivity contribution is -0.119. The van der Waals surface area contributed by atoms with Crippen molar-refractivity contribution in [3.05, 3.63) is 107 Å². The molecule has 21 nitrogen and oxygen atoms in total. The highest BCUT2D eigenvalue weighted by Crippen LogP contribution is 2.30. The summed E-state index contributed by atoms with van der Waals surface area (Å²) < 4.78 is 4.83. The summed E-state index contributed by atoms with van der Waals surface area (Å²) in [4.78, 5) is 56.1. The first-order chi connectivity index (χ1) is 30.5. The first-order valence-corrected chi connectivity index (χ1v) is 19.0. The number of ether oxygens (including phenoxy) is 1. The summed E-state index contributed by atoms with van der Waals surface area (Å²) in [7, 11) is 1.43. The molecule has 0 unspecified atom stereocenters. The van der Waals surface area contributed by atoms with Crippen LogP contribution in [0.5, 0.6) is 0 Å². The molecular formula is C42H36N16O5. The first-order valence-electron chi connectivity index (χ1n) is 19.0. The van der Waals surface area contributed by atoms with Crippen molar-refractivity contribution in [3.63, 3.8) is 0 Å². The number of nitrogens with zero attached hydrogens (tertiary/aromatic N) is 8. The number of tetrazole rings is 2. The average molecular weight is 845 g/mol. The number of rotatable bonds is 12. The Bertz CT molecular complexity index is 3050. The summed E-state index contributed by atoms with van der Waals surface area (Å²) in [5, 5.41) is 58.7. The van der Waals surface area contributed by atoms with Crippen LogP contribution in [0.15, 0.2) is 84.9 Å². The number of aromatic nitrogens is 10. The molecule has 4 heterocycles. The first kappa shape index (κ1) is 42.1. The normalized spacial score (nSPS) is 10.7. The van der Waals surface area contributed by atoms with E-state index in [9.17, 15) is 24.4 Å². The van der Waals surface area contributed by atoms with Crippen molar-refractivity contribution in [2.24, 2.45) is 5.92 Å². The molecule has 8 aromatic rings. The summed E-state index contributed by atoms with van der Waals surface area (Å²) in [5.41, 5.74) is 5.55. The number of methoxy groups -OCH3 is 1. The van der Waals surface area contributed by atoms with Gasteiger partial charge in [0.2, 0.25) is 23.5 Å². The lowest BCUT2D eigenvalue weighted by atomic mass is 10.1. The van der Waals surface area contributed by atoms with Crippen LogP contribution in [0.2, 0.25) is 0 Å². The molecule has 4 aromatic heterocycles. The topological polar surface area (TPSA) is 314 Å². The molecule has 8 rings (SSSR count). The van der Waals surface area contributed by atoms with E-state index in [0.29, 0.717) is 68.2 Å². The van der Waals surface area contributed by atoms with Gasteiger partial charge in [-0.3, -0.25) is 19.2 Å². The van der Waals surface area contributed by atoms with Crippen molar-refractivity contribution in [2.45, 2.75) is 20.3 Å². The van der Waals surface area contributed by atoms with Gasteiger partial charge in [0.1, 0.15) is 18.0 Å². The van der Waals surface area contributed by atoms with Crippen LogP contribution in [0, 0.1) is 28.6 Å². The van der Waals surface area contributed by atoms with Crippen molar-refractivity contribution in [1.82, 2.24) is 51.2 Å². The molecule has 314 valence electrons. The van der Waals surface area contributed by atoms with Crippen LogP contribution >= 0.6 is 0 Å². The highest BCUT2D eigenvalue weighted by atomic mass is 16.5. The number of H-pyrrole nitrogens is 4. The third kappa shape index (κ3) is 9.87. The van der Waals surface area contributed by atoms with Gasteiger partial charge < -0.3 is 36.0 Å². The number of benzene rings is 4. The number of carbonyl (C=O) groups is 4. The van der Waals surface area contributed by atoms with E-state index >= 15 is 0 Å². The van der Waals surface area contributed by atoms with Crippen molar-refractivity contribution in [3.8, 4) is 34.9 Å². The molecule has 0 aliphatic heterocycles. The Hall–Kier alpha value is -9.08. The van der Waals surface area contributed by atoms with Gasteiger partial charge in [0, 0.05) is 35.4 Å². The van der Waals surface area contributed by atoms with Crippen molar-refractivity contribution in [1.29, 1.82) is 10.5 Å². The number of hydrogen-bond acceptors (Lipinski definition) is 13. The minimum absolute atomic E-state index is 0.0814. The van der Waals surface area contributed by atoms with E-state index in [2.05, 4.69) is 78.6 Å². The van der Waals surface area contributed by atoms with Gasteiger partial charge in [0.25, 0.3) is 11.8 Å². The van der Waals surface area contributed by atoms with Gasteiger partial charge >= 0.3 is 0 Å². The Balaban J connectivity index is 0.000000189. The van der Waals surface area contributed by atoms with Crippen molar-refractivity contribution >= 4 is 68.2 Å². The van der Waals surface area contributed by atoms with Gasteiger partial charge in [0.05, 0.1) is 57.0 Å². The van der Waals surface area contributed by atoms with Gasteiger partial charge in [-0.05, 0) is 77.0 Å². The summed E-state index contributed by atoms with van der Waals surface area (Å²) >= 11 is 0. The van der Waals surface area contributed by atoms with Gasteiger partial charge in [-0.15, -0.1) is 20.4 Å². The van der Waals surface area contributed by atoms with E-state index in [1.165, 1.54) is 7.11 Å². The summed E-state index contributed by atoms with van der Waals surface area (Å²) in [6.45, 7) is 3.87. The van der Waals surface area contributed by atoms with E-state index in [1.54, 1.807) is 66.7 Å². The molecule has 0 fully saturated rings. The van der Waals surface area contributed by atoms with Crippen LogP contribution < -0.4 is 21.3 Å². The van der Waals surface area contributed by atoms with Crippen LogP contribution in [-0.2, 0) is 14.3 Å². The maximum atomic E-state index is 13.0. The number of nitriles is 2. The molecule has 4 amide bonds. The monoisotopic (exact) mass is 844 g/mol. The third-order valence-corrected chi connectivity index (χ3v) is 9.19. The Morgan fingerprint density at radius 2 is 1.11 bits per heavy atom. The van der Waals surface area contributed by atoms with Crippen LogP contribution in [-0.4, -0.2) is 88.6 Å². The predicted octanol–water partition coefficient (Wildman–Crippen LogP) is 5.51. The smallest absolute Gasteiger partial charge is 0.272 e. The van der Waals surface area contributed by atoms with Crippen molar-refractivity contribution in [2.75, 3.05) is 35.0 Å². The largest absolute Gasteiger partial charge is 0.375 e. The maximum absolute atomic E-state index is 13.0. The number of fused-ring (bicyclic) bond motifs is 2. The zero-order valence-corrected chi connectivity index (χ0v) is 33.7. The molecule has 0 atom stereocenters. The summed E-state index contributed by atoms with van der Waals surface area (Å²) in [6, 6.07) is 27.8. The molecule has 63 heavy (non-hydrogen) atoms. The molecule has 0 radical (unpaired) electrons. The van der Waals surface area contributed by atoms with E-state index in [0.717, 1.165) is 10.8 Å². The fourth-order valence-electron chi connectivity index (χ4n) is 6.40. The summed E-state index contributed by atoms with van der Waals surface area (Å²) in [6.07, 6.45) is 0.405. The van der Waals surface area contributed by atoms with E-state index in [-0.39, 0.29) is 41.7 Å². The molecule has 0 spiro atoms. The Kier molecular flexibility index (Phi) is 12.6. The lowest BCUT2D eigenvalue weighted by Gasteiger charge is -2.09. The average Bonchev–Trinajstić information content (AvgIpc) is 4.12. The molecule has 0 saturated carbocycles. The maximum Gasteiger partial charge on any atom is 0.272 e. The second-order valence-electron chi connectivity index (χ2n) is 14.2. The zero-order valence-electron chi connectivity index (χ0n) is 33.7. The lowest BCUT2D eigenvalue weighted by Crippen LogP contribution is -2.17. The number of hydrogen-bond donors (Lipinski definition) is 8. The molecular weight excluding hydrogens is 809 g/mol. The molecule has 0 aliphatic carbocycles. The number of para-hydroxylation sites is 2.